The van der Waals surface area contributed by atoms with Gasteiger partial charge in [-0.3, -0.25) is 4.79 Å². The van der Waals surface area contributed by atoms with Gasteiger partial charge in [-0.1, -0.05) is 0 Å². The highest BCUT2D eigenvalue weighted by Crippen LogP contribution is 2.33. The fourth-order valence-corrected chi connectivity index (χ4v) is 1.85. The molecular weight excluding hydrogens is 272 g/mol. The third-order valence-corrected chi connectivity index (χ3v) is 2.89. The van der Waals surface area contributed by atoms with Gasteiger partial charge in [0, 0.05) is 31.5 Å². The second-order valence-corrected chi connectivity index (χ2v) is 6.07. The van der Waals surface area contributed by atoms with Crippen LogP contribution >= 0.6 is 0 Å². The lowest BCUT2D eigenvalue weighted by Crippen LogP contribution is -2.35. The number of rotatable bonds is 5. The minimum absolute atomic E-state index is 0.114. The molecular formula is C14H22N4O3. The molecule has 1 aromatic heterocycles. The van der Waals surface area contributed by atoms with E-state index in [0.29, 0.717) is 24.9 Å². The first-order valence-electron chi connectivity index (χ1n) is 7.15. The fourth-order valence-electron chi connectivity index (χ4n) is 1.85. The minimum atomic E-state index is -0.517. The van der Waals surface area contributed by atoms with Crippen molar-refractivity contribution in [3.8, 4) is 0 Å². The Kier molecular flexibility index (Phi) is 4.50. The van der Waals surface area contributed by atoms with Gasteiger partial charge in [0.2, 0.25) is 0 Å². The fraction of sp³-hybridized carbons (Fsp3) is 0.643. The molecule has 0 atom stereocenters. The number of carbonyl (C=O) groups excluding carboxylic acids is 1. The van der Waals surface area contributed by atoms with Gasteiger partial charge in [0.05, 0.1) is 0 Å². The van der Waals surface area contributed by atoms with Gasteiger partial charge >= 0.3 is 6.09 Å². The number of amides is 1. The van der Waals surface area contributed by atoms with Crippen LogP contribution in [0.1, 0.15) is 39.7 Å². The van der Waals surface area contributed by atoms with Crippen LogP contribution in [0.25, 0.3) is 0 Å². The molecule has 0 radical (unpaired) electrons. The minimum Gasteiger partial charge on any atom is -0.444 e. The lowest BCUT2D eigenvalue weighted by atomic mass is 10.2. The van der Waals surface area contributed by atoms with Crippen molar-refractivity contribution in [2.45, 2.75) is 45.3 Å². The SMILES string of the molecule is CC(C)(C)OC(=O)NCCNc1nccn(C2CC2)c1=O. The highest BCUT2D eigenvalue weighted by atomic mass is 16.6. The zero-order valence-corrected chi connectivity index (χ0v) is 12.7. The maximum absolute atomic E-state index is 12.1. The van der Waals surface area contributed by atoms with Gasteiger partial charge in [-0.15, -0.1) is 0 Å². The Bertz CT molecular complexity index is 558. The van der Waals surface area contributed by atoms with Crippen molar-refractivity contribution in [3.63, 3.8) is 0 Å². The van der Waals surface area contributed by atoms with Gasteiger partial charge in [0.25, 0.3) is 5.56 Å². The lowest BCUT2D eigenvalue weighted by molar-refractivity contribution is 0.0530. The van der Waals surface area contributed by atoms with Crippen molar-refractivity contribution in [2.75, 3.05) is 18.4 Å². The van der Waals surface area contributed by atoms with E-state index in [0.717, 1.165) is 12.8 Å². The van der Waals surface area contributed by atoms with Crippen molar-refractivity contribution in [3.05, 3.63) is 22.7 Å². The molecule has 21 heavy (non-hydrogen) atoms. The summed E-state index contributed by atoms with van der Waals surface area (Å²) in [6.07, 6.45) is 4.95. The molecule has 0 aliphatic heterocycles. The maximum Gasteiger partial charge on any atom is 0.407 e. The van der Waals surface area contributed by atoms with Crippen LogP contribution in [0, 0.1) is 0 Å². The van der Waals surface area contributed by atoms with Crippen LogP contribution in [0.4, 0.5) is 10.6 Å². The van der Waals surface area contributed by atoms with Crippen molar-refractivity contribution < 1.29 is 9.53 Å². The second-order valence-electron chi connectivity index (χ2n) is 6.07. The van der Waals surface area contributed by atoms with E-state index in [9.17, 15) is 9.59 Å². The van der Waals surface area contributed by atoms with E-state index in [1.807, 2.05) is 0 Å². The van der Waals surface area contributed by atoms with Crippen molar-refractivity contribution in [2.24, 2.45) is 0 Å². The van der Waals surface area contributed by atoms with Gasteiger partial charge in [-0.25, -0.2) is 9.78 Å². The normalized spacial score (nSPS) is 14.6. The third kappa shape index (κ3) is 4.77. The topological polar surface area (TPSA) is 85.2 Å². The number of aromatic nitrogens is 2. The Morgan fingerprint density at radius 1 is 1.43 bits per heavy atom. The summed E-state index contributed by atoms with van der Waals surface area (Å²) in [5.74, 6) is 0.315. The number of anilines is 1. The Hall–Kier alpha value is -2.05. The average molecular weight is 294 g/mol. The number of ether oxygens (including phenoxy) is 1. The molecule has 1 saturated carbocycles. The van der Waals surface area contributed by atoms with Crippen LogP contribution in [0.3, 0.4) is 0 Å². The van der Waals surface area contributed by atoms with E-state index in [1.165, 1.54) is 0 Å². The van der Waals surface area contributed by atoms with E-state index in [-0.39, 0.29) is 5.56 Å². The highest BCUT2D eigenvalue weighted by Gasteiger charge is 2.25. The van der Waals surface area contributed by atoms with Gasteiger partial charge in [-0.2, -0.15) is 0 Å². The summed E-state index contributed by atoms with van der Waals surface area (Å²) in [4.78, 5) is 27.6. The lowest BCUT2D eigenvalue weighted by Gasteiger charge is -2.19. The van der Waals surface area contributed by atoms with Gasteiger partial charge in [0.15, 0.2) is 5.82 Å². The quantitative estimate of drug-likeness (QED) is 0.804. The Labute approximate surface area is 123 Å². The first-order chi connectivity index (χ1) is 9.87. The summed E-state index contributed by atoms with van der Waals surface area (Å²) in [5, 5.41) is 5.56. The first kappa shape index (κ1) is 15.3. The summed E-state index contributed by atoms with van der Waals surface area (Å²) in [5.41, 5.74) is -0.631. The molecule has 0 bridgehead atoms. The summed E-state index contributed by atoms with van der Waals surface area (Å²) < 4.78 is 6.82. The standard InChI is InChI=1S/C14H22N4O3/c1-14(2,3)21-13(20)17-7-6-15-11-12(19)18(9-8-16-11)10-4-5-10/h8-10H,4-7H2,1-3H3,(H,15,16)(H,17,20). The van der Waals surface area contributed by atoms with E-state index >= 15 is 0 Å². The smallest absolute Gasteiger partial charge is 0.407 e. The van der Waals surface area contributed by atoms with E-state index in [4.69, 9.17) is 4.74 Å². The predicted molar refractivity (Wildman–Crippen MR) is 79.5 cm³/mol. The van der Waals surface area contributed by atoms with Gasteiger partial charge in [-0.05, 0) is 33.6 Å². The molecule has 7 heteroatoms. The largest absolute Gasteiger partial charge is 0.444 e. The van der Waals surface area contributed by atoms with Crippen molar-refractivity contribution in [1.29, 1.82) is 0 Å². The zero-order valence-electron chi connectivity index (χ0n) is 12.7. The molecule has 0 unspecified atom stereocenters. The van der Waals surface area contributed by atoms with Crippen LogP contribution in [-0.4, -0.2) is 34.3 Å². The van der Waals surface area contributed by atoms with E-state index in [1.54, 1.807) is 37.7 Å². The van der Waals surface area contributed by atoms with E-state index in [2.05, 4.69) is 15.6 Å². The average Bonchev–Trinajstić information content (AvgIpc) is 3.18. The number of carbonyl (C=O) groups is 1. The molecule has 1 aliphatic carbocycles. The zero-order chi connectivity index (χ0) is 15.5. The molecule has 2 rings (SSSR count). The van der Waals surface area contributed by atoms with E-state index < -0.39 is 11.7 Å². The monoisotopic (exact) mass is 294 g/mol. The summed E-state index contributed by atoms with van der Waals surface area (Å²) in [6, 6.07) is 0.320. The highest BCUT2D eigenvalue weighted by molar-refractivity contribution is 5.67. The molecule has 1 fully saturated rings. The summed E-state index contributed by atoms with van der Waals surface area (Å²) >= 11 is 0. The van der Waals surface area contributed by atoms with Crippen LogP contribution in [-0.2, 0) is 4.74 Å². The van der Waals surface area contributed by atoms with Crippen molar-refractivity contribution >= 4 is 11.9 Å². The molecule has 0 spiro atoms. The number of hydrogen-bond donors (Lipinski definition) is 2. The van der Waals surface area contributed by atoms with Gasteiger partial charge in [0.1, 0.15) is 5.60 Å². The number of nitrogens with zero attached hydrogens (tertiary/aromatic N) is 2. The molecule has 1 aromatic rings. The number of nitrogens with one attached hydrogen (secondary N) is 2. The van der Waals surface area contributed by atoms with Crippen LogP contribution in [0.2, 0.25) is 0 Å². The molecule has 116 valence electrons. The molecule has 0 aromatic carbocycles. The second kappa shape index (κ2) is 6.15. The first-order valence-corrected chi connectivity index (χ1v) is 7.15. The van der Waals surface area contributed by atoms with Crippen LogP contribution < -0.4 is 16.2 Å². The summed E-state index contributed by atoms with van der Waals surface area (Å²) in [7, 11) is 0. The van der Waals surface area contributed by atoms with Crippen LogP contribution in [0.15, 0.2) is 17.2 Å². The van der Waals surface area contributed by atoms with Gasteiger partial charge < -0.3 is 19.9 Å². The number of alkyl carbamates (subject to hydrolysis) is 1. The molecule has 2 N–H and O–H groups in total. The Morgan fingerprint density at radius 3 is 2.76 bits per heavy atom. The molecule has 1 aliphatic rings. The predicted octanol–water partition coefficient (Wildman–Crippen LogP) is 1.51. The third-order valence-electron chi connectivity index (χ3n) is 2.89. The Morgan fingerprint density at radius 2 is 2.14 bits per heavy atom. The van der Waals surface area contributed by atoms with Crippen LogP contribution in [0.5, 0.6) is 0 Å². The number of hydrogen-bond acceptors (Lipinski definition) is 5. The summed E-state index contributed by atoms with van der Waals surface area (Å²) in [6.45, 7) is 6.18. The maximum atomic E-state index is 12.1. The molecule has 7 nitrogen and oxygen atoms in total. The molecule has 1 amide bonds. The molecule has 0 saturated heterocycles. The Balaban J connectivity index is 1.78. The van der Waals surface area contributed by atoms with Crippen molar-refractivity contribution in [1.82, 2.24) is 14.9 Å². The molecule has 1 heterocycles.